The average molecular weight is 426 g/mol. The molecule has 0 aliphatic carbocycles. The lowest BCUT2D eigenvalue weighted by Crippen LogP contribution is -2.40. The summed E-state index contributed by atoms with van der Waals surface area (Å²) in [6.45, 7) is 7.02. The van der Waals surface area contributed by atoms with Crippen LogP contribution in [0.2, 0.25) is 0 Å². The summed E-state index contributed by atoms with van der Waals surface area (Å²) >= 11 is 0. The smallest absolute Gasteiger partial charge is 0.191 e. The zero-order valence-corrected chi connectivity index (χ0v) is 16.5. The second-order valence-corrected chi connectivity index (χ2v) is 5.62. The molecule has 0 spiro atoms. The Morgan fingerprint density at radius 2 is 1.91 bits per heavy atom. The van der Waals surface area contributed by atoms with Gasteiger partial charge in [-0.15, -0.1) is 24.0 Å². The van der Waals surface area contributed by atoms with Gasteiger partial charge in [-0.3, -0.25) is 4.99 Å². The number of nitrogens with one attached hydrogen (secondary N) is 2. The minimum absolute atomic E-state index is 0. The molecule has 23 heavy (non-hydrogen) atoms. The van der Waals surface area contributed by atoms with Crippen LogP contribution in [-0.2, 0) is 6.54 Å². The molecule has 0 bridgehead atoms. The average Bonchev–Trinajstić information content (AvgIpc) is 3.03. The van der Waals surface area contributed by atoms with Gasteiger partial charge in [0.1, 0.15) is 0 Å². The number of halogens is 1. The molecular weight excluding hydrogens is 399 g/mol. The Kier molecular flexibility index (Phi) is 8.76. The predicted molar refractivity (Wildman–Crippen MR) is 109 cm³/mol. The number of aliphatic imine (C=N–C) groups is 1. The van der Waals surface area contributed by atoms with Gasteiger partial charge >= 0.3 is 0 Å². The van der Waals surface area contributed by atoms with Crippen LogP contribution in [0.1, 0.15) is 24.0 Å². The van der Waals surface area contributed by atoms with Crippen molar-refractivity contribution in [3.05, 3.63) is 59.9 Å². The van der Waals surface area contributed by atoms with Crippen molar-refractivity contribution in [1.82, 2.24) is 15.2 Å². The molecule has 1 heterocycles. The van der Waals surface area contributed by atoms with Crippen molar-refractivity contribution in [2.75, 3.05) is 20.1 Å². The second kappa shape index (κ2) is 10.3. The molecule has 0 saturated heterocycles. The second-order valence-electron chi connectivity index (χ2n) is 5.62. The zero-order valence-electron chi connectivity index (χ0n) is 14.1. The maximum Gasteiger partial charge on any atom is 0.191 e. The first kappa shape index (κ1) is 19.5. The molecule has 1 atom stereocenters. The SMILES string of the molecule is CN=C(NCCn1cccc1)NCC(C)c1cccc(C)c1.I. The van der Waals surface area contributed by atoms with E-state index in [1.165, 1.54) is 11.1 Å². The van der Waals surface area contributed by atoms with E-state index in [1.807, 2.05) is 19.2 Å². The summed E-state index contributed by atoms with van der Waals surface area (Å²) < 4.78 is 2.15. The number of rotatable bonds is 6. The van der Waals surface area contributed by atoms with Gasteiger partial charge in [0.25, 0.3) is 0 Å². The maximum absolute atomic E-state index is 4.28. The van der Waals surface area contributed by atoms with Crippen molar-refractivity contribution < 1.29 is 0 Å². The van der Waals surface area contributed by atoms with Crippen molar-refractivity contribution in [3.8, 4) is 0 Å². The quantitative estimate of drug-likeness (QED) is 0.423. The largest absolute Gasteiger partial charge is 0.356 e. The number of guanidine groups is 1. The van der Waals surface area contributed by atoms with Crippen LogP contribution in [-0.4, -0.2) is 30.7 Å². The van der Waals surface area contributed by atoms with Crippen LogP contribution in [0.25, 0.3) is 0 Å². The van der Waals surface area contributed by atoms with E-state index in [0.717, 1.165) is 25.6 Å². The van der Waals surface area contributed by atoms with Crippen molar-refractivity contribution >= 4 is 29.9 Å². The first-order chi connectivity index (χ1) is 10.7. The number of nitrogens with zero attached hydrogens (tertiary/aromatic N) is 2. The monoisotopic (exact) mass is 426 g/mol. The molecule has 2 aromatic rings. The van der Waals surface area contributed by atoms with E-state index in [1.54, 1.807) is 0 Å². The molecule has 126 valence electrons. The summed E-state index contributed by atoms with van der Waals surface area (Å²) in [6, 6.07) is 12.8. The van der Waals surface area contributed by atoms with Crippen molar-refractivity contribution in [2.24, 2.45) is 4.99 Å². The molecule has 1 unspecified atom stereocenters. The van der Waals surface area contributed by atoms with Crippen LogP contribution in [0.4, 0.5) is 0 Å². The fraction of sp³-hybridized carbons (Fsp3) is 0.389. The Hall–Kier alpha value is -1.50. The van der Waals surface area contributed by atoms with Crippen molar-refractivity contribution in [3.63, 3.8) is 0 Å². The van der Waals surface area contributed by atoms with Crippen LogP contribution in [0.3, 0.4) is 0 Å². The van der Waals surface area contributed by atoms with Crippen LogP contribution in [0, 0.1) is 6.92 Å². The summed E-state index contributed by atoms with van der Waals surface area (Å²) in [5.74, 6) is 1.30. The lowest BCUT2D eigenvalue weighted by Gasteiger charge is -2.17. The molecule has 4 nitrogen and oxygen atoms in total. The van der Waals surface area contributed by atoms with Gasteiger partial charge in [0.15, 0.2) is 5.96 Å². The van der Waals surface area contributed by atoms with E-state index in [0.29, 0.717) is 5.92 Å². The molecule has 0 fully saturated rings. The number of hydrogen-bond donors (Lipinski definition) is 2. The van der Waals surface area contributed by atoms with Gasteiger partial charge in [-0.2, -0.15) is 0 Å². The molecule has 0 aliphatic rings. The lowest BCUT2D eigenvalue weighted by atomic mass is 9.99. The van der Waals surface area contributed by atoms with E-state index in [-0.39, 0.29) is 24.0 Å². The maximum atomic E-state index is 4.28. The molecule has 1 aromatic carbocycles. The van der Waals surface area contributed by atoms with Gasteiger partial charge in [0.2, 0.25) is 0 Å². The molecule has 0 radical (unpaired) electrons. The van der Waals surface area contributed by atoms with Gasteiger partial charge in [0, 0.05) is 39.1 Å². The van der Waals surface area contributed by atoms with Crippen LogP contribution in [0.5, 0.6) is 0 Å². The van der Waals surface area contributed by atoms with Crippen LogP contribution < -0.4 is 10.6 Å². The lowest BCUT2D eigenvalue weighted by molar-refractivity contribution is 0.652. The first-order valence-electron chi connectivity index (χ1n) is 7.81. The highest BCUT2D eigenvalue weighted by Gasteiger charge is 2.06. The minimum Gasteiger partial charge on any atom is -0.356 e. The van der Waals surface area contributed by atoms with Gasteiger partial charge in [-0.1, -0.05) is 36.8 Å². The minimum atomic E-state index is 0. The van der Waals surface area contributed by atoms with Crippen LogP contribution in [0.15, 0.2) is 53.8 Å². The summed E-state index contributed by atoms with van der Waals surface area (Å²) in [6.07, 6.45) is 4.13. The third-order valence-electron chi connectivity index (χ3n) is 3.74. The topological polar surface area (TPSA) is 41.4 Å². The molecule has 0 aliphatic heterocycles. The number of hydrogen-bond acceptors (Lipinski definition) is 1. The van der Waals surface area contributed by atoms with Crippen molar-refractivity contribution in [1.29, 1.82) is 0 Å². The zero-order chi connectivity index (χ0) is 15.8. The Morgan fingerprint density at radius 3 is 2.57 bits per heavy atom. The third-order valence-corrected chi connectivity index (χ3v) is 3.74. The van der Waals surface area contributed by atoms with Gasteiger partial charge in [-0.05, 0) is 30.5 Å². The normalized spacial score (nSPS) is 12.4. The Balaban J connectivity index is 0.00000264. The number of aryl methyl sites for hydroxylation is 1. The molecule has 0 saturated carbocycles. The van der Waals surface area contributed by atoms with E-state index in [9.17, 15) is 0 Å². The molecule has 0 amide bonds. The van der Waals surface area contributed by atoms with E-state index in [4.69, 9.17) is 0 Å². The summed E-state index contributed by atoms with van der Waals surface area (Å²) in [5.41, 5.74) is 2.66. The Labute approximate surface area is 156 Å². The van der Waals surface area contributed by atoms with Gasteiger partial charge in [0.05, 0.1) is 0 Å². The Morgan fingerprint density at radius 1 is 1.17 bits per heavy atom. The summed E-state index contributed by atoms with van der Waals surface area (Å²) in [4.78, 5) is 4.28. The molecule has 2 N–H and O–H groups in total. The fourth-order valence-corrected chi connectivity index (χ4v) is 2.39. The molecular formula is C18H27IN4. The Bertz CT molecular complexity index is 593. The van der Waals surface area contributed by atoms with Crippen LogP contribution >= 0.6 is 24.0 Å². The summed E-state index contributed by atoms with van der Waals surface area (Å²) in [7, 11) is 1.81. The fourth-order valence-electron chi connectivity index (χ4n) is 2.39. The highest BCUT2D eigenvalue weighted by atomic mass is 127. The van der Waals surface area contributed by atoms with E-state index in [2.05, 4.69) is 70.7 Å². The van der Waals surface area contributed by atoms with Gasteiger partial charge in [-0.25, -0.2) is 0 Å². The van der Waals surface area contributed by atoms with Crippen molar-refractivity contribution in [2.45, 2.75) is 26.3 Å². The highest BCUT2D eigenvalue weighted by molar-refractivity contribution is 14.0. The number of aromatic nitrogens is 1. The van der Waals surface area contributed by atoms with E-state index >= 15 is 0 Å². The molecule has 1 aromatic heterocycles. The third kappa shape index (κ3) is 6.64. The first-order valence-corrected chi connectivity index (χ1v) is 7.81. The van der Waals surface area contributed by atoms with Gasteiger partial charge < -0.3 is 15.2 Å². The van der Waals surface area contributed by atoms with E-state index < -0.39 is 0 Å². The number of benzene rings is 1. The predicted octanol–water partition coefficient (Wildman–Crippen LogP) is 3.38. The molecule has 5 heteroatoms. The summed E-state index contributed by atoms with van der Waals surface area (Å²) in [5, 5.41) is 6.74. The highest BCUT2D eigenvalue weighted by Crippen LogP contribution is 2.15. The molecule has 2 rings (SSSR count). The standard InChI is InChI=1S/C18H26N4.HI/c1-15-7-6-8-17(13-15)16(2)14-21-18(19-3)20-9-12-22-10-4-5-11-22;/h4-8,10-11,13,16H,9,12,14H2,1-3H3,(H2,19,20,21);1H.